The number of aryl methyl sites for hydroxylation is 1. The summed E-state index contributed by atoms with van der Waals surface area (Å²) in [6, 6.07) is 8.48. The monoisotopic (exact) mass is 334 g/mol. The highest BCUT2D eigenvalue weighted by molar-refractivity contribution is 5.96. The van der Waals surface area contributed by atoms with Crippen LogP contribution in [0.2, 0.25) is 0 Å². The number of rotatable bonds is 4. The van der Waals surface area contributed by atoms with Crippen molar-refractivity contribution in [2.75, 3.05) is 5.32 Å². The van der Waals surface area contributed by atoms with E-state index in [4.69, 9.17) is 4.42 Å². The zero-order valence-corrected chi connectivity index (χ0v) is 14.2. The summed E-state index contributed by atoms with van der Waals surface area (Å²) >= 11 is 0. The molecule has 0 aliphatic heterocycles. The number of nitrogens with one attached hydrogen (secondary N) is 2. The number of hydrogen-bond donors (Lipinski definition) is 2. The van der Waals surface area contributed by atoms with Crippen LogP contribution >= 0.6 is 0 Å². The molecular formula is C18H18N6O. The summed E-state index contributed by atoms with van der Waals surface area (Å²) in [6.45, 7) is 5.99. The SMILES string of the molecule is Cc1ccnc(-c2c[nH]c3ccc(-c4nnc(NC(C)C)o4)cc23)n1. The molecule has 0 unspecified atom stereocenters. The second-order valence-electron chi connectivity index (χ2n) is 6.20. The Morgan fingerprint density at radius 2 is 2.04 bits per heavy atom. The van der Waals surface area contributed by atoms with Gasteiger partial charge in [-0.25, -0.2) is 9.97 Å². The van der Waals surface area contributed by atoms with Crippen molar-refractivity contribution in [3.05, 3.63) is 42.4 Å². The fourth-order valence-corrected chi connectivity index (χ4v) is 2.66. The van der Waals surface area contributed by atoms with Crippen LogP contribution in [0.15, 0.2) is 41.1 Å². The first-order valence-corrected chi connectivity index (χ1v) is 8.12. The second kappa shape index (κ2) is 6.01. The number of aromatic nitrogens is 5. The van der Waals surface area contributed by atoms with Gasteiger partial charge in [-0.05, 0) is 45.0 Å². The molecule has 0 fully saturated rings. The number of hydrogen-bond acceptors (Lipinski definition) is 6. The molecule has 3 heterocycles. The average Bonchev–Trinajstić information content (AvgIpc) is 3.20. The number of nitrogens with zero attached hydrogens (tertiary/aromatic N) is 4. The van der Waals surface area contributed by atoms with Gasteiger partial charge in [-0.15, -0.1) is 5.10 Å². The third kappa shape index (κ3) is 2.96. The van der Waals surface area contributed by atoms with Gasteiger partial charge in [0.1, 0.15) is 0 Å². The topological polar surface area (TPSA) is 92.5 Å². The first-order valence-electron chi connectivity index (χ1n) is 8.12. The van der Waals surface area contributed by atoms with Crippen LogP contribution in [0, 0.1) is 6.92 Å². The van der Waals surface area contributed by atoms with Gasteiger partial charge in [0.2, 0.25) is 5.89 Å². The van der Waals surface area contributed by atoms with Crippen molar-refractivity contribution in [1.29, 1.82) is 0 Å². The van der Waals surface area contributed by atoms with E-state index in [9.17, 15) is 0 Å². The van der Waals surface area contributed by atoms with E-state index in [1.807, 2.05) is 51.2 Å². The first-order chi connectivity index (χ1) is 12.1. The summed E-state index contributed by atoms with van der Waals surface area (Å²) in [7, 11) is 0. The van der Waals surface area contributed by atoms with Gasteiger partial charge in [-0.2, -0.15) is 0 Å². The lowest BCUT2D eigenvalue weighted by atomic mass is 10.1. The van der Waals surface area contributed by atoms with E-state index < -0.39 is 0 Å². The minimum Gasteiger partial charge on any atom is -0.403 e. The van der Waals surface area contributed by atoms with Gasteiger partial charge in [0, 0.05) is 46.2 Å². The number of anilines is 1. The maximum Gasteiger partial charge on any atom is 0.315 e. The molecule has 0 spiro atoms. The maximum atomic E-state index is 5.70. The van der Waals surface area contributed by atoms with Crippen molar-refractivity contribution < 1.29 is 4.42 Å². The number of fused-ring (bicyclic) bond motifs is 1. The molecule has 7 nitrogen and oxygen atoms in total. The third-order valence-electron chi connectivity index (χ3n) is 3.80. The van der Waals surface area contributed by atoms with E-state index in [1.165, 1.54) is 0 Å². The van der Waals surface area contributed by atoms with Crippen LogP contribution in [-0.2, 0) is 0 Å². The van der Waals surface area contributed by atoms with E-state index in [0.29, 0.717) is 17.7 Å². The quantitative estimate of drug-likeness (QED) is 0.589. The van der Waals surface area contributed by atoms with Crippen LogP contribution in [0.25, 0.3) is 33.7 Å². The lowest BCUT2D eigenvalue weighted by molar-refractivity contribution is 0.574. The van der Waals surface area contributed by atoms with Crippen LogP contribution in [0.5, 0.6) is 0 Å². The van der Waals surface area contributed by atoms with Gasteiger partial charge < -0.3 is 14.7 Å². The molecule has 0 atom stereocenters. The number of aromatic amines is 1. The normalized spacial score (nSPS) is 11.4. The predicted molar refractivity (Wildman–Crippen MR) is 96.1 cm³/mol. The molecule has 0 bridgehead atoms. The van der Waals surface area contributed by atoms with Crippen molar-refractivity contribution in [2.24, 2.45) is 0 Å². The Kier molecular flexibility index (Phi) is 3.68. The van der Waals surface area contributed by atoms with Crippen LogP contribution in [0.4, 0.5) is 6.01 Å². The Bertz CT molecular complexity index is 1030. The second-order valence-corrected chi connectivity index (χ2v) is 6.20. The summed E-state index contributed by atoms with van der Waals surface area (Å²) in [6.07, 6.45) is 3.69. The van der Waals surface area contributed by atoms with E-state index >= 15 is 0 Å². The van der Waals surface area contributed by atoms with Gasteiger partial charge in [0.15, 0.2) is 5.82 Å². The van der Waals surface area contributed by atoms with Crippen LogP contribution in [0.1, 0.15) is 19.5 Å². The van der Waals surface area contributed by atoms with Crippen LogP contribution in [-0.4, -0.2) is 31.2 Å². The molecule has 2 N–H and O–H groups in total. The van der Waals surface area contributed by atoms with E-state index in [0.717, 1.165) is 27.7 Å². The largest absolute Gasteiger partial charge is 0.403 e. The smallest absolute Gasteiger partial charge is 0.315 e. The molecule has 0 radical (unpaired) electrons. The third-order valence-corrected chi connectivity index (χ3v) is 3.80. The fourth-order valence-electron chi connectivity index (χ4n) is 2.66. The minimum atomic E-state index is 0.227. The minimum absolute atomic E-state index is 0.227. The molecule has 25 heavy (non-hydrogen) atoms. The fraction of sp³-hybridized carbons (Fsp3) is 0.222. The highest BCUT2D eigenvalue weighted by Crippen LogP contribution is 2.30. The lowest BCUT2D eigenvalue weighted by Crippen LogP contribution is -2.09. The highest BCUT2D eigenvalue weighted by atomic mass is 16.4. The van der Waals surface area contributed by atoms with Crippen molar-refractivity contribution in [3.63, 3.8) is 0 Å². The first kappa shape index (κ1) is 15.3. The Balaban J connectivity index is 1.77. The van der Waals surface area contributed by atoms with Crippen molar-refractivity contribution >= 4 is 16.9 Å². The number of H-pyrrole nitrogens is 1. The van der Waals surface area contributed by atoms with E-state index in [-0.39, 0.29) is 6.04 Å². The van der Waals surface area contributed by atoms with Gasteiger partial charge >= 0.3 is 6.01 Å². The molecular weight excluding hydrogens is 316 g/mol. The van der Waals surface area contributed by atoms with E-state index in [2.05, 4.69) is 30.5 Å². The van der Waals surface area contributed by atoms with Crippen LogP contribution in [0.3, 0.4) is 0 Å². The van der Waals surface area contributed by atoms with Crippen molar-refractivity contribution in [1.82, 2.24) is 25.1 Å². The lowest BCUT2D eigenvalue weighted by Gasteiger charge is -2.03. The summed E-state index contributed by atoms with van der Waals surface area (Å²) in [5, 5.41) is 12.3. The molecule has 3 aromatic heterocycles. The zero-order valence-electron chi connectivity index (χ0n) is 14.2. The highest BCUT2D eigenvalue weighted by Gasteiger charge is 2.13. The van der Waals surface area contributed by atoms with Crippen molar-refractivity contribution in [2.45, 2.75) is 26.8 Å². The zero-order chi connectivity index (χ0) is 17.4. The number of benzene rings is 1. The molecule has 0 amide bonds. The molecule has 7 heteroatoms. The van der Waals surface area contributed by atoms with Gasteiger partial charge in [-0.1, -0.05) is 5.10 Å². The molecule has 126 valence electrons. The molecule has 0 aliphatic rings. The molecule has 4 aromatic rings. The van der Waals surface area contributed by atoms with Crippen LogP contribution < -0.4 is 5.32 Å². The molecule has 0 saturated heterocycles. The standard InChI is InChI=1S/C18H18N6O/c1-10(2)21-18-24-23-17(25-18)12-4-5-15-13(8-12)14(9-20-15)16-19-7-6-11(3)22-16/h4-10,20H,1-3H3,(H,21,24). The average molecular weight is 334 g/mol. The molecule has 0 saturated carbocycles. The Morgan fingerprint density at radius 3 is 2.84 bits per heavy atom. The molecule has 4 rings (SSSR count). The summed E-state index contributed by atoms with van der Waals surface area (Å²) < 4.78 is 5.70. The van der Waals surface area contributed by atoms with Gasteiger partial charge in [0.25, 0.3) is 0 Å². The Morgan fingerprint density at radius 1 is 1.16 bits per heavy atom. The predicted octanol–water partition coefficient (Wildman–Crippen LogP) is 3.80. The summed E-state index contributed by atoms with van der Waals surface area (Å²) in [5.74, 6) is 1.17. The van der Waals surface area contributed by atoms with Gasteiger partial charge in [0.05, 0.1) is 0 Å². The van der Waals surface area contributed by atoms with E-state index in [1.54, 1.807) is 6.20 Å². The summed E-state index contributed by atoms with van der Waals surface area (Å²) in [5.41, 5.74) is 3.73. The Labute approximate surface area is 144 Å². The molecule has 1 aromatic carbocycles. The summed E-state index contributed by atoms with van der Waals surface area (Å²) in [4.78, 5) is 12.1. The maximum absolute atomic E-state index is 5.70. The van der Waals surface area contributed by atoms with Gasteiger partial charge in [-0.3, -0.25) is 0 Å². The Hall–Kier alpha value is -3.22. The van der Waals surface area contributed by atoms with Crippen molar-refractivity contribution in [3.8, 4) is 22.8 Å². The molecule has 0 aliphatic carbocycles.